The second-order valence-electron chi connectivity index (χ2n) is 5.62. The van der Waals surface area contributed by atoms with Crippen molar-refractivity contribution in [1.82, 2.24) is 0 Å². The summed E-state index contributed by atoms with van der Waals surface area (Å²) in [5.41, 5.74) is 1.74. The first-order valence-corrected chi connectivity index (χ1v) is 8.81. The summed E-state index contributed by atoms with van der Waals surface area (Å²) in [6.07, 6.45) is 0.0934. The van der Waals surface area contributed by atoms with Gasteiger partial charge in [0, 0.05) is 12.1 Å². The Kier molecular flexibility index (Phi) is 5.50. The summed E-state index contributed by atoms with van der Waals surface area (Å²) in [5, 5.41) is 2.96. The summed E-state index contributed by atoms with van der Waals surface area (Å²) in [7, 11) is 0. The minimum atomic E-state index is -0.488. The molecule has 0 bridgehead atoms. The number of aryl methyl sites for hydroxylation is 1. The largest absolute Gasteiger partial charge is 0.487 e. The highest BCUT2D eigenvalue weighted by molar-refractivity contribution is 8.15. The number of carbonyl (C=O) groups excluding carboxylic acids is 2. The molecular formula is C19H18N2O3S. The summed E-state index contributed by atoms with van der Waals surface area (Å²) >= 11 is 1.30. The maximum Gasteiger partial charge on any atom is 0.260 e. The fraction of sp³-hybridized carbons (Fsp3) is 0.211. The van der Waals surface area contributed by atoms with Crippen molar-refractivity contribution in [2.75, 3.05) is 11.9 Å². The van der Waals surface area contributed by atoms with Gasteiger partial charge in [-0.05, 0) is 30.7 Å². The summed E-state index contributed by atoms with van der Waals surface area (Å²) < 4.78 is 5.60. The Morgan fingerprint density at radius 3 is 2.64 bits per heavy atom. The van der Waals surface area contributed by atoms with Gasteiger partial charge in [-0.25, -0.2) is 4.99 Å². The number of nitrogens with zero attached hydrogens (tertiary/aromatic N) is 1. The maximum atomic E-state index is 12.2. The predicted molar refractivity (Wildman–Crippen MR) is 100 cm³/mol. The molecule has 1 aliphatic rings. The zero-order chi connectivity index (χ0) is 17.6. The number of amides is 2. The lowest BCUT2D eigenvalue weighted by Gasteiger charge is -2.10. The highest BCUT2D eigenvalue weighted by atomic mass is 32.2. The van der Waals surface area contributed by atoms with Crippen molar-refractivity contribution in [2.45, 2.75) is 18.6 Å². The molecule has 1 atom stereocenters. The van der Waals surface area contributed by atoms with Crippen LogP contribution in [0.15, 0.2) is 59.6 Å². The van der Waals surface area contributed by atoms with E-state index in [1.807, 2.05) is 61.5 Å². The molecule has 3 rings (SSSR count). The van der Waals surface area contributed by atoms with Crippen LogP contribution in [0, 0.1) is 6.92 Å². The molecule has 0 aromatic heterocycles. The van der Waals surface area contributed by atoms with Crippen molar-refractivity contribution >= 4 is 34.3 Å². The van der Waals surface area contributed by atoms with E-state index in [4.69, 9.17) is 4.74 Å². The van der Waals surface area contributed by atoms with E-state index in [0.29, 0.717) is 5.04 Å². The van der Waals surface area contributed by atoms with Crippen LogP contribution in [0.4, 0.5) is 5.69 Å². The molecule has 2 amide bonds. The van der Waals surface area contributed by atoms with Crippen LogP contribution in [0.25, 0.3) is 0 Å². The van der Waals surface area contributed by atoms with E-state index in [9.17, 15) is 9.59 Å². The van der Waals surface area contributed by atoms with E-state index in [1.54, 1.807) is 0 Å². The van der Waals surface area contributed by atoms with Gasteiger partial charge in [-0.2, -0.15) is 0 Å². The van der Waals surface area contributed by atoms with E-state index in [2.05, 4.69) is 10.3 Å². The number of nitrogens with one attached hydrogen (secondary N) is 1. The Labute approximate surface area is 150 Å². The van der Waals surface area contributed by atoms with Gasteiger partial charge in [0.2, 0.25) is 5.91 Å². The number of benzene rings is 2. The van der Waals surface area contributed by atoms with E-state index in [0.717, 1.165) is 17.0 Å². The number of hydrogen-bond donors (Lipinski definition) is 1. The monoisotopic (exact) mass is 354 g/mol. The van der Waals surface area contributed by atoms with Gasteiger partial charge in [0.05, 0.1) is 0 Å². The molecule has 2 aromatic rings. The number of anilines is 1. The smallest absolute Gasteiger partial charge is 0.260 e. The lowest BCUT2D eigenvalue weighted by Crippen LogP contribution is -2.21. The second-order valence-corrected chi connectivity index (χ2v) is 6.90. The zero-order valence-electron chi connectivity index (χ0n) is 13.8. The molecule has 1 N–H and O–H groups in total. The molecule has 0 spiro atoms. The van der Waals surface area contributed by atoms with Gasteiger partial charge in [-0.3, -0.25) is 9.59 Å². The third-order valence-corrected chi connectivity index (χ3v) is 4.82. The average Bonchev–Trinajstić information content (AvgIpc) is 2.96. The number of thioether (sulfide) groups is 1. The third-order valence-electron chi connectivity index (χ3n) is 3.68. The topological polar surface area (TPSA) is 67.8 Å². The molecule has 0 saturated carbocycles. The molecule has 2 aromatic carbocycles. The Morgan fingerprint density at radius 2 is 1.88 bits per heavy atom. The van der Waals surface area contributed by atoms with Crippen LogP contribution in [0.1, 0.15) is 12.0 Å². The van der Waals surface area contributed by atoms with Gasteiger partial charge in [-0.1, -0.05) is 48.2 Å². The van der Waals surface area contributed by atoms with E-state index in [1.165, 1.54) is 11.8 Å². The first-order chi connectivity index (χ1) is 12.1. The van der Waals surface area contributed by atoms with E-state index in [-0.39, 0.29) is 24.8 Å². The lowest BCUT2D eigenvalue weighted by molar-refractivity contribution is -0.121. The van der Waals surface area contributed by atoms with Crippen molar-refractivity contribution < 1.29 is 14.3 Å². The quantitative estimate of drug-likeness (QED) is 0.863. The Hall–Kier alpha value is -2.60. The molecule has 0 radical (unpaired) electrons. The van der Waals surface area contributed by atoms with Crippen molar-refractivity contribution in [3.05, 3.63) is 60.2 Å². The van der Waals surface area contributed by atoms with Crippen LogP contribution in [0.3, 0.4) is 0 Å². The van der Waals surface area contributed by atoms with Crippen molar-refractivity contribution in [3.63, 3.8) is 0 Å². The molecule has 0 saturated heterocycles. The Balaban J connectivity index is 1.50. The fourth-order valence-corrected chi connectivity index (χ4v) is 3.36. The molecule has 25 heavy (non-hydrogen) atoms. The van der Waals surface area contributed by atoms with Crippen LogP contribution >= 0.6 is 11.8 Å². The van der Waals surface area contributed by atoms with Gasteiger partial charge in [-0.15, -0.1) is 0 Å². The zero-order valence-corrected chi connectivity index (χ0v) is 14.6. The lowest BCUT2D eigenvalue weighted by atomic mass is 10.2. The minimum absolute atomic E-state index is 0.0934. The molecule has 5 nitrogen and oxygen atoms in total. The first kappa shape index (κ1) is 17.2. The molecule has 6 heteroatoms. The van der Waals surface area contributed by atoms with Gasteiger partial charge in [0.1, 0.15) is 22.7 Å². The van der Waals surface area contributed by atoms with Crippen LogP contribution in [0.5, 0.6) is 5.75 Å². The number of ether oxygens (including phenoxy) is 1. The minimum Gasteiger partial charge on any atom is -0.487 e. The van der Waals surface area contributed by atoms with E-state index >= 15 is 0 Å². The van der Waals surface area contributed by atoms with Crippen LogP contribution in [0.2, 0.25) is 0 Å². The average molecular weight is 354 g/mol. The highest BCUT2D eigenvalue weighted by Crippen LogP contribution is 2.26. The molecule has 0 unspecified atom stereocenters. The van der Waals surface area contributed by atoms with E-state index < -0.39 is 5.25 Å². The summed E-state index contributed by atoms with van der Waals surface area (Å²) in [4.78, 5) is 28.2. The van der Waals surface area contributed by atoms with Crippen LogP contribution < -0.4 is 10.1 Å². The van der Waals surface area contributed by atoms with Gasteiger partial charge < -0.3 is 10.1 Å². The summed E-state index contributed by atoms with van der Waals surface area (Å²) in [6, 6.07) is 16.9. The predicted octanol–water partition coefficient (Wildman–Crippen LogP) is 3.44. The van der Waals surface area contributed by atoms with Gasteiger partial charge in [0.25, 0.3) is 5.91 Å². The molecule has 1 aliphatic heterocycles. The second kappa shape index (κ2) is 7.98. The van der Waals surface area contributed by atoms with Gasteiger partial charge >= 0.3 is 0 Å². The first-order valence-electron chi connectivity index (χ1n) is 7.93. The van der Waals surface area contributed by atoms with Crippen LogP contribution in [-0.4, -0.2) is 28.7 Å². The molecular weight excluding hydrogens is 336 g/mol. The Morgan fingerprint density at radius 1 is 1.16 bits per heavy atom. The molecule has 0 aliphatic carbocycles. The van der Waals surface area contributed by atoms with Crippen molar-refractivity contribution in [1.29, 1.82) is 0 Å². The SMILES string of the molecule is Cc1ccccc1NC(=O)C[C@H]1SC(COc2ccccc2)=NC1=O. The number of carbonyl (C=O) groups is 2. The standard InChI is InChI=1S/C19H18N2O3S/c1-13-7-5-6-10-15(13)20-17(22)11-16-19(23)21-18(25-16)12-24-14-8-3-2-4-9-14/h2-10,16H,11-12H2,1H3,(H,20,22)/t16-/m1/s1. The summed E-state index contributed by atoms with van der Waals surface area (Å²) in [5.74, 6) is 0.246. The highest BCUT2D eigenvalue weighted by Gasteiger charge is 2.30. The number of para-hydroxylation sites is 2. The third kappa shape index (κ3) is 4.70. The normalized spacial score (nSPS) is 16.4. The number of hydrogen-bond acceptors (Lipinski definition) is 4. The number of rotatable bonds is 6. The maximum absolute atomic E-state index is 12.2. The summed E-state index contributed by atoms with van der Waals surface area (Å²) in [6.45, 7) is 2.16. The van der Waals surface area contributed by atoms with Crippen molar-refractivity contribution in [3.8, 4) is 5.75 Å². The Bertz CT molecular complexity index is 805. The van der Waals surface area contributed by atoms with Crippen LogP contribution in [-0.2, 0) is 9.59 Å². The van der Waals surface area contributed by atoms with Crippen molar-refractivity contribution in [2.24, 2.45) is 4.99 Å². The molecule has 128 valence electrons. The molecule has 0 fully saturated rings. The molecule has 1 heterocycles. The van der Waals surface area contributed by atoms with Gasteiger partial charge in [0.15, 0.2) is 0 Å². The fourth-order valence-electron chi connectivity index (χ4n) is 2.38. The number of aliphatic imine (C=N–C) groups is 1.